The molecule has 112 valence electrons. The molecule has 2 aromatic rings. The minimum atomic E-state index is -1.28. The van der Waals surface area contributed by atoms with Gasteiger partial charge in [0, 0.05) is 0 Å². The second-order valence-electron chi connectivity index (χ2n) is 4.46. The van der Waals surface area contributed by atoms with Crippen LogP contribution in [0.25, 0.3) is 0 Å². The van der Waals surface area contributed by atoms with Gasteiger partial charge in [0.25, 0.3) is 0 Å². The highest BCUT2D eigenvalue weighted by molar-refractivity contribution is 5.97. The van der Waals surface area contributed by atoms with Crippen LogP contribution in [0.1, 0.15) is 27.6 Å². The van der Waals surface area contributed by atoms with Crippen LogP contribution in [0.2, 0.25) is 0 Å². The Kier molecular flexibility index (Phi) is 4.17. The third kappa shape index (κ3) is 3.26. The highest BCUT2D eigenvalue weighted by atomic mass is 16.4. The molecule has 3 N–H and O–H groups in total. The van der Waals surface area contributed by atoms with Crippen LogP contribution in [0.3, 0.4) is 0 Å². The van der Waals surface area contributed by atoms with Crippen molar-refractivity contribution in [1.82, 2.24) is 0 Å². The van der Waals surface area contributed by atoms with Crippen molar-refractivity contribution in [2.75, 3.05) is 0 Å². The minimum Gasteiger partial charge on any atom is -0.507 e. The van der Waals surface area contributed by atoms with E-state index in [0.717, 1.165) is 0 Å². The summed E-state index contributed by atoms with van der Waals surface area (Å²) >= 11 is 0. The summed E-state index contributed by atoms with van der Waals surface area (Å²) in [5, 5.41) is 35.6. The van der Waals surface area contributed by atoms with E-state index >= 15 is 0 Å². The van der Waals surface area contributed by atoms with Crippen LogP contribution in [0.15, 0.2) is 46.6 Å². The van der Waals surface area contributed by atoms with Crippen LogP contribution in [0.4, 0.5) is 11.4 Å². The maximum atomic E-state index is 11.3. The summed E-state index contributed by atoms with van der Waals surface area (Å²) in [5.41, 5.74) is 0.389. The van der Waals surface area contributed by atoms with E-state index in [4.69, 9.17) is 5.11 Å². The van der Waals surface area contributed by atoms with Gasteiger partial charge >= 0.3 is 5.97 Å². The summed E-state index contributed by atoms with van der Waals surface area (Å²) in [6, 6.07) is 7.94. The number of aromatic hydroxyl groups is 2. The minimum absolute atomic E-state index is 0.119. The topological polar surface area (TPSA) is 120 Å². The molecule has 7 heteroatoms. The van der Waals surface area contributed by atoms with E-state index in [1.54, 1.807) is 0 Å². The Bertz CT molecular complexity index is 718. The number of carboxylic acid groups (broad SMARTS) is 1. The van der Waals surface area contributed by atoms with E-state index in [0.29, 0.717) is 5.69 Å². The number of carbonyl (C=O) groups excluding carboxylic acids is 1. The number of benzene rings is 2. The van der Waals surface area contributed by atoms with Crippen molar-refractivity contribution >= 4 is 23.1 Å². The Hall–Kier alpha value is -3.22. The number of phenolic OH excluding ortho intramolecular Hbond substituents is 1. The molecule has 0 unspecified atom stereocenters. The van der Waals surface area contributed by atoms with E-state index in [9.17, 15) is 19.8 Å². The molecule has 0 spiro atoms. The zero-order chi connectivity index (χ0) is 16.3. The number of azo groups is 1. The monoisotopic (exact) mass is 300 g/mol. The molecule has 0 saturated carbocycles. The number of ketones is 1. The van der Waals surface area contributed by atoms with E-state index < -0.39 is 5.97 Å². The molecule has 0 fully saturated rings. The number of phenols is 2. The van der Waals surface area contributed by atoms with Gasteiger partial charge in [0.1, 0.15) is 17.1 Å². The van der Waals surface area contributed by atoms with Gasteiger partial charge in [0.05, 0.1) is 16.9 Å². The predicted molar refractivity (Wildman–Crippen MR) is 77.4 cm³/mol. The lowest BCUT2D eigenvalue weighted by atomic mass is 10.1. The molecule has 22 heavy (non-hydrogen) atoms. The molecule has 0 heterocycles. The third-order valence-electron chi connectivity index (χ3n) is 2.85. The number of carboxylic acids is 1. The highest BCUT2D eigenvalue weighted by Gasteiger charge is 2.10. The first-order valence-electron chi connectivity index (χ1n) is 6.20. The molecule has 0 aliphatic carbocycles. The van der Waals surface area contributed by atoms with Crippen molar-refractivity contribution < 1.29 is 24.9 Å². The Labute approximate surface area is 125 Å². The zero-order valence-electron chi connectivity index (χ0n) is 11.5. The lowest BCUT2D eigenvalue weighted by Crippen LogP contribution is -1.95. The molecule has 2 aromatic carbocycles. The Morgan fingerprint density at radius 2 is 1.32 bits per heavy atom. The molecule has 0 aliphatic rings. The molecule has 7 nitrogen and oxygen atoms in total. The Balaban J connectivity index is 2.33. The van der Waals surface area contributed by atoms with Crippen LogP contribution in [-0.2, 0) is 0 Å². The summed E-state index contributed by atoms with van der Waals surface area (Å²) in [4.78, 5) is 22.2. The second kappa shape index (κ2) is 6.04. The second-order valence-corrected chi connectivity index (χ2v) is 4.46. The average Bonchev–Trinajstić information content (AvgIpc) is 2.47. The summed E-state index contributed by atoms with van der Waals surface area (Å²) in [6.07, 6.45) is 0. The van der Waals surface area contributed by atoms with E-state index in [-0.39, 0.29) is 34.1 Å². The SMILES string of the molecule is CC(=O)c1cc(/N=N/c2ccc(O)c(C(=O)O)c2)ccc1O. The number of nitrogens with zero attached hydrogens (tertiary/aromatic N) is 2. The van der Waals surface area contributed by atoms with Gasteiger partial charge in [-0.1, -0.05) is 0 Å². The first-order chi connectivity index (χ1) is 10.4. The van der Waals surface area contributed by atoms with Crippen LogP contribution >= 0.6 is 0 Å². The number of rotatable bonds is 4. The van der Waals surface area contributed by atoms with Crippen LogP contribution in [0, 0.1) is 0 Å². The van der Waals surface area contributed by atoms with E-state index in [1.807, 2.05) is 0 Å². The fraction of sp³-hybridized carbons (Fsp3) is 0.0667. The number of aromatic carboxylic acids is 1. The molecule has 0 aromatic heterocycles. The highest BCUT2D eigenvalue weighted by Crippen LogP contribution is 2.27. The fourth-order valence-corrected chi connectivity index (χ4v) is 1.74. The smallest absolute Gasteiger partial charge is 0.339 e. The lowest BCUT2D eigenvalue weighted by Gasteiger charge is -2.02. The number of carbonyl (C=O) groups is 2. The van der Waals surface area contributed by atoms with Gasteiger partial charge in [-0.25, -0.2) is 4.79 Å². The molecule has 0 amide bonds. The van der Waals surface area contributed by atoms with Crippen molar-refractivity contribution in [3.05, 3.63) is 47.5 Å². The van der Waals surface area contributed by atoms with Gasteiger partial charge in [-0.15, -0.1) is 0 Å². The molecule has 0 bridgehead atoms. The summed E-state index contributed by atoms with van der Waals surface area (Å²) in [7, 11) is 0. The standard InChI is InChI=1S/C15H12N2O5/c1-8(18)11-6-9(2-4-13(11)19)16-17-10-3-5-14(20)12(7-10)15(21)22/h2-7,19-20H,1H3,(H,21,22)/b17-16+. The molecule has 0 atom stereocenters. The van der Waals surface area contributed by atoms with E-state index in [1.165, 1.54) is 43.3 Å². The van der Waals surface area contributed by atoms with Gasteiger partial charge in [-0.2, -0.15) is 10.2 Å². The molecular formula is C15H12N2O5. The number of Topliss-reactive ketones (excluding diaryl/α,β-unsaturated/α-hetero) is 1. The van der Waals surface area contributed by atoms with Crippen molar-refractivity contribution in [2.24, 2.45) is 10.2 Å². The molecule has 0 aliphatic heterocycles. The maximum absolute atomic E-state index is 11.3. The maximum Gasteiger partial charge on any atom is 0.339 e. The first-order valence-corrected chi connectivity index (χ1v) is 6.20. The van der Waals surface area contributed by atoms with Gasteiger partial charge in [-0.3, -0.25) is 4.79 Å². The quantitative estimate of drug-likeness (QED) is 0.590. The van der Waals surface area contributed by atoms with Gasteiger partial charge in [0.2, 0.25) is 0 Å². The van der Waals surface area contributed by atoms with Gasteiger partial charge < -0.3 is 15.3 Å². The van der Waals surface area contributed by atoms with Crippen molar-refractivity contribution in [2.45, 2.75) is 6.92 Å². The fourth-order valence-electron chi connectivity index (χ4n) is 1.74. The van der Waals surface area contributed by atoms with Crippen LogP contribution in [0.5, 0.6) is 11.5 Å². The third-order valence-corrected chi connectivity index (χ3v) is 2.85. The number of hydrogen-bond acceptors (Lipinski definition) is 6. The molecule has 0 saturated heterocycles. The predicted octanol–water partition coefficient (Wildman–Crippen LogP) is 3.41. The first kappa shape index (κ1) is 15.2. The summed E-state index contributed by atoms with van der Waals surface area (Å²) < 4.78 is 0. The summed E-state index contributed by atoms with van der Waals surface area (Å²) in [6.45, 7) is 1.31. The number of hydrogen-bond donors (Lipinski definition) is 3. The van der Waals surface area contributed by atoms with Crippen LogP contribution in [-0.4, -0.2) is 27.1 Å². The van der Waals surface area contributed by atoms with Crippen LogP contribution < -0.4 is 0 Å². The molecule has 0 radical (unpaired) electrons. The largest absolute Gasteiger partial charge is 0.507 e. The van der Waals surface area contributed by atoms with Gasteiger partial charge in [0.15, 0.2) is 5.78 Å². The molecule has 2 rings (SSSR count). The van der Waals surface area contributed by atoms with E-state index in [2.05, 4.69) is 10.2 Å². The Morgan fingerprint density at radius 3 is 1.77 bits per heavy atom. The zero-order valence-corrected chi connectivity index (χ0v) is 11.5. The summed E-state index contributed by atoms with van der Waals surface area (Å²) in [5.74, 6) is -2.11. The van der Waals surface area contributed by atoms with Crippen molar-refractivity contribution in [3.63, 3.8) is 0 Å². The molecular weight excluding hydrogens is 288 g/mol. The normalized spacial score (nSPS) is 10.8. The van der Waals surface area contributed by atoms with Crippen molar-refractivity contribution in [3.8, 4) is 11.5 Å². The van der Waals surface area contributed by atoms with Gasteiger partial charge in [-0.05, 0) is 43.3 Å². The van der Waals surface area contributed by atoms with Crippen molar-refractivity contribution in [1.29, 1.82) is 0 Å². The lowest BCUT2D eigenvalue weighted by molar-refractivity contribution is 0.0693. The Morgan fingerprint density at radius 1 is 0.864 bits per heavy atom. The average molecular weight is 300 g/mol.